The van der Waals surface area contributed by atoms with Crippen molar-refractivity contribution in [1.82, 2.24) is 20.3 Å². The first-order valence-electron chi connectivity index (χ1n) is 8.78. The molecule has 1 amide bonds. The molecule has 0 aliphatic carbocycles. The zero-order valence-corrected chi connectivity index (χ0v) is 16.3. The molecular weight excluding hydrogens is 348 g/mol. The van der Waals surface area contributed by atoms with E-state index in [1.807, 2.05) is 32.0 Å². The second-order valence-electron chi connectivity index (χ2n) is 5.81. The number of benzene rings is 1. The van der Waals surface area contributed by atoms with Gasteiger partial charge in [0.2, 0.25) is 17.8 Å². The normalized spacial score (nSPS) is 11.8. The molecule has 2 rings (SSSR count). The molecule has 0 spiro atoms. The first-order chi connectivity index (χ1) is 12.5. The Hall–Kier alpha value is -2.35. The standard InChI is InChI=1S/C18H26N6OS/c1-4-10-20-16(25)12(3)26-11-15-22-17(19)24-18(23-15)21-14-9-7-6-8-13(14)5-2/h6-9,12H,4-5,10-11H2,1-3H3,(H,20,25)(H3,19,21,22,23,24). The molecule has 0 aliphatic rings. The van der Waals surface area contributed by atoms with Gasteiger partial charge in [-0.05, 0) is 31.4 Å². The van der Waals surface area contributed by atoms with E-state index >= 15 is 0 Å². The molecule has 1 aromatic carbocycles. The highest BCUT2D eigenvalue weighted by Gasteiger charge is 2.14. The molecule has 1 atom stereocenters. The highest BCUT2D eigenvalue weighted by Crippen LogP contribution is 2.21. The number of nitrogens with zero attached hydrogens (tertiary/aromatic N) is 3. The first-order valence-corrected chi connectivity index (χ1v) is 9.83. The van der Waals surface area contributed by atoms with E-state index in [0.29, 0.717) is 24.1 Å². The third kappa shape index (κ3) is 5.87. The van der Waals surface area contributed by atoms with Crippen molar-refractivity contribution in [3.63, 3.8) is 0 Å². The van der Waals surface area contributed by atoms with Crippen LogP contribution in [-0.4, -0.2) is 32.7 Å². The number of thioether (sulfide) groups is 1. The molecule has 140 valence electrons. The maximum Gasteiger partial charge on any atom is 0.232 e. The Morgan fingerprint density at radius 3 is 2.73 bits per heavy atom. The Labute approximate surface area is 158 Å². The molecule has 4 N–H and O–H groups in total. The molecule has 26 heavy (non-hydrogen) atoms. The number of hydrogen-bond donors (Lipinski definition) is 3. The lowest BCUT2D eigenvalue weighted by molar-refractivity contribution is -0.120. The Balaban J connectivity index is 2.04. The Morgan fingerprint density at radius 2 is 2.00 bits per heavy atom. The van der Waals surface area contributed by atoms with E-state index in [4.69, 9.17) is 5.73 Å². The largest absolute Gasteiger partial charge is 0.368 e. The van der Waals surface area contributed by atoms with Crippen molar-refractivity contribution < 1.29 is 4.79 Å². The highest BCUT2D eigenvalue weighted by atomic mass is 32.2. The molecule has 0 bridgehead atoms. The Kier molecular flexibility index (Phi) is 7.65. The predicted molar refractivity (Wildman–Crippen MR) is 107 cm³/mol. The molecule has 0 aliphatic heterocycles. The van der Waals surface area contributed by atoms with Gasteiger partial charge in [0.15, 0.2) is 0 Å². The minimum Gasteiger partial charge on any atom is -0.368 e. The summed E-state index contributed by atoms with van der Waals surface area (Å²) in [6.07, 6.45) is 1.82. The number of para-hydroxylation sites is 1. The summed E-state index contributed by atoms with van der Waals surface area (Å²) in [4.78, 5) is 24.7. The number of hydrogen-bond acceptors (Lipinski definition) is 7. The molecule has 0 saturated carbocycles. The minimum atomic E-state index is -0.184. The van der Waals surface area contributed by atoms with Gasteiger partial charge in [-0.1, -0.05) is 32.0 Å². The average Bonchev–Trinajstić information content (AvgIpc) is 2.64. The van der Waals surface area contributed by atoms with Crippen LogP contribution in [0, 0.1) is 0 Å². The van der Waals surface area contributed by atoms with Crippen molar-refractivity contribution in [3.8, 4) is 0 Å². The van der Waals surface area contributed by atoms with Crippen LogP contribution in [0.3, 0.4) is 0 Å². The first kappa shape index (κ1) is 20.0. The SMILES string of the molecule is CCCNC(=O)C(C)SCc1nc(N)nc(Nc2ccccc2CC)n1. The maximum absolute atomic E-state index is 11.9. The number of nitrogens with one attached hydrogen (secondary N) is 2. The summed E-state index contributed by atoms with van der Waals surface area (Å²) in [5, 5.41) is 5.92. The molecule has 1 unspecified atom stereocenters. The molecule has 0 fully saturated rings. The van der Waals surface area contributed by atoms with Gasteiger partial charge in [-0.25, -0.2) is 0 Å². The average molecular weight is 375 g/mol. The highest BCUT2D eigenvalue weighted by molar-refractivity contribution is 7.99. The number of aromatic nitrogens is 3. The molecule has 1 aromatic heterocycles. The monoisotopic (exact) mass is 374 g/mol. The minimum absolute atomic E-state index is 0.0223. The van der Waals surface area contributed by atoms with Gasteiger partial charge in [0.25, 0.3) is 0 Å². The fraction of sp³-hybridized carbons (Fsp3) is 0.444. The van der Waals surface area contributed by atoms with Crippen LogP contribution in [0.15, 0.2) is 24.3 Å². The van der Waals surface area contributed by atoms with Crippen molar-refractivity contribution >= 4 is 35.3 Å². The van der Waals surface area contributed by atoms with Crippen LogP contribution in [0.4, 0.5) is 17.6 Å². The predicted octanol–water partition coefficient (Wildman–Crippen LogP) is 2.91. The van der Waals surface area contributed by atoms with Crippen molar-refractivity contribution in [3.05, 3.63) is 35.7 Å². The van der Waals surface area contributed by atoms with Crippen LogP contribution < -0.4 is 16.4 Å². The summed E-state index contributed by atoms with van der Waals surface area (Å²) in [6.45, 7) is 6.68. The molecule has 2 aromatic rings. The Morgan fingerprint density at radius 1 is 1.23 bits per heavy atom. The van der Waals surface area contributed by atoms with E-state index in [1.54, 1.807) is 0 Å². The molecule has 8 heteroatoms. The summed E-state index contributed by atoms with van der Waals surface area (Å²) < 4.78 is 0. The molecule has 0 radical (unpaired) electrons. The second-order valence-corrected chi connectivity index (χ2v) is 7.14. The molecule has 1 heterocycles. The van der Waals surface area contributed by atoms with Crippen LogP contribution in [0.1, 0.15) is 38.6 Å². The van der Waals surface area contributed by atoms with E-state index in [2.05, 4.69) is 38.6 Å². The summed E-state index contributed by atoms with van der Waals surface area (Å²) in [5.74, 6) is 1.63. The quantitative estimate of drug-likeness (QED) is 0.619. The van der Waals surface area contributed by atoms with E-state index in [-0.39, 0.29) is 17.1 Å². The molecular formula is C18H26N6OS. The number of carbonyl (C=O) groups excluding carboxylic acids is 1. The Bertz CT molecular complexity index is 739. The molecule has 0 saturated heterocycles. The number of rotatable bonds is 9. The summed E-state index contributed by atoms with van der Waals surface area (Å²) >= 11 is 1.47. The van der Waals surface area contributed by atoms with Crippen LogP contribution in [0.25, 0.3) is 0 Å². The van der Waals surface area contributed by atoms with Crippen LogP contribution in [0.5, 0.6) is 0 Å². The van der Waals surface area contributed by atoms with Gasteiger partial charge in [-0.3, -0.25) is 4.79 Å². The van der Waals surface area contributed by atoms with Crippen molar-refractivity contribution in [2.24, 2.45) is 0 Å². The lowest BCUT2D eigenvalue weighted by Crippen LogP contribution is -2.31. The van der Waals surface area contributed by atoms with Crippen LogP contribution in [-0.2, 0) is 17.0 Å². The van der Waals surface area contributed by atoms with Crippen molar-refractivity contribution in [2.75, 3.05) is 17.6 Å². The number of nitrogens with two attached hydrogens (primary N) is 1. The topological polar surface area (TPSA) is 106 Å². The van der Waals surface area contributed by atoms with E-state index in [1.165, 1.54) is 17.3 Å². The summed E-state index contributed by atoms with van der Waals surface area (Å²) in [6, 6.07) is 7.99. The zero-order valence-electron chi connectivity index (χ0n) is 15.5. The maximum atomic E-state index is 11.9. The van der Waals surface area contributed by atoms with Gasteiger partial charge >= 0.3 is 0 Å². The number of aryl methyl sites for hydroxylation is 1. The number of carbonyl (C=O) groups is 1. The number of anilines is 3. The van der Waals surface area contributed by atoms with Crippen LogP contribution >= 0.6 is 11.8 Å². The number of amides is 1. The molecule has 7 nitrogen and oxygen atoms in total. The third-order valence-corrected chi connectivity index (χ3v) is 4.86. The van der Waals surface area contributed by atoms with Crippen molar-refractivity contribution in [1.29, 1.82) is 0 Å². The fourth-order valence-corrected chi connectivity index (χ4v) is 3.06. The van der Waals surface area contributed by atoms with Gasteiger partial charge in [-0.2, -0.15) is 15.0 Å². The van der Waals surface area contributed by atoms with Gasteiger partial charge in [0.1, 0.15) is 5.82 Å². The van der Waals surface area contributed by atoms with E-state index < -0.39 is 0 Å². The smallest absolute Gasteiger partial charge is 0.232 e. The lowest BCUT2D eigenvalue weighted by atomic mass is 10.1. The van der Waals surface area contributed by atoms with Gasteiger partial charge in [0.05, 0.1) is 11.0 Å². The van der Waals surface area contributed by atoms with E-state index in [0.717, 1.165) is 18.5 Å². The fourth-order valence-electron chi connectivity index (χ4n) is 2.30. The van der Waals surface area contributed by atoms with E-state index in [9.17, 15) is 4.79 Å². The third-order valence-electron chi connectivity index (χ3n) is 3.72. The van der Waals surface area contributed by atoms with Crippen LogP contribution in [0.2, 0.25) is 0 Å². The van der Waals surface area contributed by atoms with Gasteiger partial charge < -0.3 is 16.4 Å². The van der Waals surface area contributed by atoms with Gasteiger partial charge in [0, 0.05) is 12.2 Å². The van der Waals surface area contributed by atoms with Gasteiger partial charge in [-0.15, -0.1) is 11.8 Å². The second kappa shape index (κ2) is 9.96. The lowest BCUT2D eigenvalue weighted by Gasteiger charge is -2.12. The number of nitrogen functional groups attached to an aromatic ring is 1. The zero-order chi connectivity index (χ0) is 18.9. The summed E-state index contributed by atoms with van der Waals surface area (Å²) in [7, 11) is 0. The summed E-state index contributed by atoms with van der Waals surface area (Å²) in [5.41, 5.74) is 7.95. The van der Waals surface area contributed by atoms with Crippen molar-refractivity contribution in [2.45, 2.75) is 44.6 Å².